The Hall–Kier alpha value is -3.74. The van der Waals surface area contributed by atoms with E-state index in [1.807, 2.05) is 54.9 Å². The van der Waals surface area contributed by atoms with Gasteiger partial charge in [-0.2, -0.15) is 4.98 Å². The van der Waals surface area contributed by atoms with E-state index < -0.39 is 0 Å². The summed E-state index contributed by atoms with van der Waals surface area (Å²) in [5, 5.41) is 8.56. The van der Waals surface area contributed by atoms with Crippen LogP contribution in [0.4, 0.5) is 5.82 Å². The summed E-state index contributed by atoms with van der Waals surface area (Å²) in [7, 11) is 0. The standard InChI is InChI=1S/C24H26N6O/c1-2-13-26-23-15-24(30-22(29-23)12-7-9-19-8-5-6-14-25-19)31-28-17-18-16-27-21-11-4-3-10-20(18)21/h3-6,8,10-11,14-17,27H,2,7,9,12-13H2,1H3,(H,26,29,30)/b28-17+. The zero-order chi connectivity index (χ0) is 21.3. The fourth-order valence-corrected chi connectivity index (χ4v) is 3.29. The number of hydrogen-bond donors (Lipinski definition) is 2. The minimum atomic E-state index is 0.428. The molecule has 3 heterocycles. The highest BCUT2D eigenvalue weighted by Gasteiger charge is 2.07. The summed E-state index contributed by atoms with van der Waals surface area (Å²) in [6.45, 7) is 2.95. The van der Waals surface area contributed by atoms with Gasteiger partial charge in [0.05, 0.1) is 6.21 Å². The molecule has 0 unspecified atom stereocenters. The van der Waals surface area contributed by atoms with Crippen LogP contribution in [-0.2, 0) is 12.8 Å². The number of hydrogen-bond acceptors (Lipinski definition) is 6. The van der Waals surface area contributed by atoms with E-state index in [1.54, 1.807) is 12.3 Å². The molecule has 2 N–H and O–H groups in total. The number of pyridine rings is 1. The Bertz CT molecular complexity index is 1140. The summed E-state index contributed by atoms with van der Waals surface area (Å²) in [4.78, 5) is 22.4. The number of anilines is 1. The maximum Gasteiger partial charge on any atom is 0.254 e. The first-order chi connectivity index (χ1) is 15.3. The van der Waals surface area contributed by atoms with E-state index in [1.165, 1.54) is 0 Å². The average molecular weight is 415 g/mol. The second-order valence-corrected chi connectivity index (χ2v) is 7.22. The molecule has 0 aliphatic heterocycles. The van der Waals surface area contributed by atoms with Crippen molar-refractivity contribution >= 4 is 22.9 Å². The predicted molar refractivity (Wildman–Crippen MR) is 124 cm³/mol. The molecule has 0 radical (unpaired) electrons. The second-order valence-electron chi connectivity index (χ2n) is 7.22. The number of nitrogens with one attached hydrogen (secondary N) is 2. The lowest BCUT2D eigenvalue weighted by molar-refractivity contribution is 0.328. The molecule has 7 heteroatoms. The van der Waals surface area contributed by atoms with Crippen molar-refractivity contribution in [2.75, 3.05) is 11.9 Å². The molecule has 0 fully saturated rings. The van der Waals surface area contributed by atoms with Crippen LogP contribution in [0.25, 0.3) is 10.9 Å². The smallest absolute Gasteiger partial charge is 0.254 e. The molecule has 0 atom stereocenters. The Kier molecular flexibility index (Phi) is 6.85. The number of para-hydroxylation sites is 1. The van der Waals surface area contributed by atoms with Crippen molar-refractivity contribution in [3.05, 3.63) is 78.0 Å². The number of nitrogens with zero attached hydrogens (tertiary/aromatic N) is 4. The monoisotopic (exact) mass is 414 g/mol. The van der Waals surface area contributed by atoms with Gasteiger partial charge in [0.1, 0.15) is 11.6 Å². The van der Waals surface area contributed by atoms with Gasteiger partial charge in [-0.15, -0.1) is 0 Å². The largest absolute Gasteiger partial charge is 0.370 e. The number of H-pyrrole nitrogens is 1. The molecule has 4 rings (SSSR count). The topological polar surface area (TPSA) is 88.1 Å². The van der Waals surface area contributed by atoms with Gasteiger partial charge in [0.2, 0.25) is 0 Å². The first-order valence-electron chi connectivity index (χ1n) is 10.6. The van der Waals surface area contributed by atoms with Gasteiger partial charge in [0.25, 0.3) is 5.88 Å². The lowest BCUT2D eigenvalue weighted by Crippen LogP contribution is -2.06. The van der Waals surface area contributed by atoms with Crippen molar-refractivity contribution in [1.82, 2.24) is 19.9 Å². The summed E-state index contributed by atoms with van der Waals surface area (Å²) < 4.78 is 0. The predicted octanol–water partition coefficient (Wildman–Crippen LogP) is 4.76. The minimum Gasteiger partial charge on any atom is -0.370 e. The van der Waals surface area contributed by atoms with E-state index in [4.69, 9.17) is 4.84 Å². The summed E-state index contributed by atoms with van der Waals surface area (Å²) in [5.74, 6) is 1.91. The van der Waals surface area contributed by atoms with Crippen molar-refractivity contribution in [3.8, 4) is 5.88 Å². The molecule has 0 amide bonds. The van der Waals surface area contributed by atoms with Gasteiger partial charge in [0, 0.05) is 53.6 Å². The van der Waals surface area contributed by atoms with Crippen LogP contribution in [-0.4, -0.2) is 32.7 Å². The van der Waals surface area contributed by atoms with Gasteiger partial charge in [-0.1, -0.05) is 36.3 Å². The third kappa shape index (κ3) is 5.66. The van der Waals surface area contributed by atoms with Crippen LogP contribution in [0.15, 0.2) is 66.1 Å². The Morgan fingerprint density at radius 3 is 2.87 bits per heavy atom. The van der Waals surface area contributed by atoms with Gasteiger partial charge < -0.3 is 15.1 Å². The van der Waals surface area contributed by atoms with E-state index in [0.29, 0.717) is 5.88 Å². The third-order valence-corrected chi connectivity index (χ3v) is 4.82. The molecule has 0 aliphatic rings. The number of benzene rings is 1. The summed E-state index contributed by atoms with van der Waals surface area (Å²) in [6, 6.07) is 15.8. The first kappa shape index (κ1) is 20.5. The maximum absolute atomic E-state index is 5.61. The fourth-order valence-electron chi connectivity index (χ4n) is 3.29. The molecule has 0 saturated carbocycles. The van der Waals surface area contributed by atoms with Crippen LogP contribution in [0.5, 0.6) is 5.88 Å². The fraction of sp³-hybridized carbons (Fsp3) is 0.250. The van der Waals surface area contributed by atoms with Crippen LogP contribution >= 0.6 is 0 Å². The molecule has 31 heavy (non-hydrogen) atoms. The quantitative estimate of drug-likeness (QED) is 0.288. The SMILES string of the molecule is CCCNc1cc(O/N=C/c2c[nH]c3ccccc23)nc(CCCc2ccccn2)n1. The van der Waals surface area contributed by atoms with Crippen LogP contribution in [0.1, 0.15) is 36.8 Å². The van der Waals surface area contributed by atoms with Crippen molar-refractivity contribution in [2.45, 2.75) is 32.6 Å². The lowest BCUT2D eigenvalue weighted by atomic mass is 10.1. The molecule has 158 valence electrons. The molecular formula is C24H26N6O. The van der Waals surface area contributed by atoms with E-state index >= 15 is 0 Å². The molecular weight excluding hydrogens is 388 g/mol. The van der Waals surface area contributed by atoms with Gasteiger partial charge in [-0.3, -0.25) is 4.98 Å². The lowest BCUT2D eigenvalue weighted by Gasteiger charge is -2.08. The van der Waals surface area contributed by atoms with Crippen molar-refractivity contribution in [3.63, 3.8) is 0 Å². The highest BCUT2D eigenvalue weighted by molar-refractivity contribution is 5.98. The number of aromatic nitrogens is 4. The Morgan fingerprint density at radius 2 is 2.00 bits per heavy atom. The highest BCUT2D eigenvalue weighted by Crippen LogP contribution is 2.18. The third-order valence-electron chi connectivity index (χ3n) is 4.82. The van der Waals surface area contributed by atoms with Gasteiger partial charge in [-0.25, -0.2) is 4.98 Å². The molecule has 0 bridgehead atoms. The zero-order valence-electron chi connectivity index (χ0n) is 17.6. The van der Waals surface area contributed by atoms with Crippen molar-refractivity contribution in [1.29, 1.82) is 0 Å². The normalized spacial score (nSPS) is 11.3. The van der Waals surface area contributed by atoms with Gasteiger partial charge in [-0.05, 0) is 37.5 Å². The van der Waals surface area contributed by atoms with Gasteiger partial charge in [0.15, 0.2) is 0 Å². The zero-order valence-corrected chi connectivity index (χ0v) is 17.6. The molecule has 0 spiro atoms. The van der Waals surface area contributed by atoms with Crippen LogP contribution in [0, 0.1) is 0 Å². The molecule has 4 aromatic rings. The average Bonchev–Trinajstić information content (AvgIpc) is 3.22. The Balaban J connectivity index is 1.44. The van der Waals surface area contributed by atoms with Gasteiger partial charge >= 0.3 is 0 Å². The van der Waals surface area contributed by atoms with E-state index in [2.05, 4.69) is 37.3 Å². The van der Waals surface area contributed by atoms with E-state index in [9.17, 15) is 0 Å². The summed E-state index contributed by atoms with van der Waals surface area (Å²) >= 11 is 0. The minimum absolute atomic E-state index is 0.428. The Morgan fingerprint density at radius 1 is 1.10 bits per heavy atom. The van der Waals surface area contributed by atoms with Crippen LogP contribution < -0.4 is 10.2 Å². The van der Waals surface area contributed by atoms with Crippen LogP contribution in [0.2, 0.25) is 0 Å². The molecule has 7 nitrogen and oxygen atoms in total. The molecule has 0 aliphatic carbocycles. The molecule has 0 saturated heterocycles. The van der Waals surface area contributed by atoms with E-state index in [-0.39, 0.29) is 0 Å². The maximum atomic E-state index is 5.61. The van der Waals surface area contributed by atoms with E-state index in [0.717, 1.165) is 66.0 Å². The van der Waals surface area contributed by atoms with Crippen molar-refractivity contribution in [2.24, 2.45) is 5.16 Å². The number of fused-ring (bicyclic) bond motifs is 1. The summed E-state index contributed by atoms with van der Waals surface area (Å²) in [6.07, 6.45) is 8.96. The first-order valence-corrected chi connectivity index (χ1v) is 10.6. The Labute approximate surface area is 181 Å². The second kappa shape index (κ2) is 10.3. The number of aryl methyl sites for hydroxylation is 2. The highest BCUT2D eigenvalue weighted by atomic mass is 16.6. The summed E-state index contributed by atoms with van der Waals surface area (Å²) in [5.41, 5.74) is 3.10. The number of rotatable bonds is 10. The van der Waals surface area contributed by atoms with Crippen LogP contribution in [0.3, 0.4) is 0 Å². The molecule has 3 aromatic heterocycles. The number of oxime groups is 1. The molecule has 1 aromatic carbocycles. The number of aromatic amines is 1. The van der Waals surface area contributed by atoms with Crippen molar-refractivity contribution < 1.29 is 4.84 Å².